The first kappa shape index (κ1) is 20.1. The van der Waals surface area contributed by atoms with Gasteiger partial charge >= 0.3 is 0 Å². The Morgan fingerprint density at radius 2 is 1.59 bits per heavy atom. The van der Waals surface area contributed by atoms with E-state index in [4.69, 9.17) is 9.47 Å². The van der Waals surface area contributed by atoms with Crippen LogP contribution in [-0.2, 0) is 11.4 Å². The van der Waals surface area contributed by atoms with E-state index in [1.165, 1.54) is 0 Å². The Morgan fingerprint density at radius 1 is 0.897 bits per heavy atom. The molecule has 5 nitrogen and oxygen atoms in total. The normalized spacial score (nSPS) is 10.7. The van der Waals surface area contributed by atoms with E-state index in [0.717, 1.165) is 28.0 Å². The summed E-state index contributed by atoms with van der Waals surface area (Å²) in [6.07, 6.45) is 1.58. The topological polar surface area (TPSA) is 59.9 Å². The van der Waals surface area contributed by atoms with Crippen LogP contribution in [0, 0.1) is 13.8 Å². The van der Waals surface area contributed by atoms with Crippen LogP contribution >= 0.6 is 0 Å². The summed E-state index contributed by atoms with van der Waals surface area (Å²) in [5.74, 6) is 1.13. The van der Waals surface area contributed by atoms with Gasteiger partial charge in [0.1, 0.15) is 18.1 Å². The van der Waals surface area contributed by atoms with Crippen LogP contribution in [0.25, 0.3) is 0 Å². The van der Waals surface area contributed by atoms with Crippen LogP contribution in [0.4, 0.5) is 0 Å². The molecular weight excluding hydrogens is 364 g/mol. The third kappa shape index (κ3) is 6.81. The van der Waals surface area contributed by atoms with Crippen molar-refractivity contribution < 1.29 is 14.3 Å². The summed E-state index contributed by atoms with van der Waals surface area (Å²) in [6.45, 7) is 4.40. The zero-order valence-corrected chi connectivity index (χ0v) is 16.6. The van der Waals surface area contributed by atoms with E-state index in [-0.39, 0.29) is 12.5 Å². The average Bonchev–Trinajstić information content (AvgIpc) is 2.72. The van der Waals surface area contributed by atoms with Crippen molar-refractivity contribution in [1.29, 1.82) is 0 Å². The SMILES string of the molecule is Cc1cc(C)cc(OCC(=O)N/N=C\c2ccc(OCc3ccccc3)cc2)c1. The number of aryl methyl sites for hydroxylation is 2. The maximum Gasteiger partial charge on any atom is 0.277 e. The number of hydrazone groups is 1. The first-order chi connectivity index (χ1) is 14.1. The second-order valence-corrected chi connectivity index (χ2v) is 6.75. The van der Waals surface area contributed by atoms with Gasteiger partial charge in [0.15, 0.2) is 6.61 Å². The van der Waals surface area contributed by atoms with Crippen molar-refractivity contribution in [3.05, 3.63) is 95.1 Å². The van der Waals surface area contributed by atoms with Crippen LogP contribution in [-0.4, -0.2) is 18.7 Å². The second-order valence-electron chi connectivity index (χ2n) is 6.75. The molecule has 3 aromatic rings. The van der Waals surface area contributed by atoms with E-state index in [9.17, 15) is 4.79 Å². The van der Waals surface area contributed by atoms with Crippen LogP contribution < -0.4 is 14.9 Å². The molecule has 3 rings (SSSR count). The van der Waals surface area contributed by atoms with Gasteiger partial charge in [0.2, 0.25) is 0 Å². The first-order valence-electron chi connectivity index (χ1n) is 9.38. The summed E-state index contributed by atoms with van der Waals surface area (Å²) < 4.78 is 11.3. The van der Waals surface area contributed by atoms with E-state index in [1.54, 1.807) is 6.21 Å². The van der Waals surface area contributed by atoms with Gasteiger partial charge in [-0.2, -0.15) is 5.10 Å². The molecule has 5 heteroatoms. The Kier molecular flexibility index (Phi) is 7.00. The van der Waals surface area contributed by atoms with E-state index in [1.807, 2.05) is 80.6 Å². The molecule has 0 spiro atoms. The second kappa shape index (κ2) is 10.1. The molecule has 0 bridgehead atoms. The van der Waals surface area contributed by atoms with Crippen LogP contribution in [0.15, 0.2) is 77.9 Å². The number of amides is 1. The summed E-state index contributed by atoms with van der Waals surface area (Å²) >= 11 is 0. The van der Waals surface area contributed by atoms with Crippen molar-refractivity contribution in [2.75, 3.05) is 6.61 Å². The fraction of sp³-hybridized carbons (Fsp3) is 0.167. The summed E-state index contributed by atoms with van der Waals surface area (Å²) in [4.78, 5) is 11.9. The number of ether oxygens (including phenoxy) is 2. The fourth-order valence-corrected chi connectivity index (χ4v) is 2.77. The Morgan fingerprint density at radius 3 is 2.28 bits per heavy atom. The molecule has 0 atom stereocenters. The lowest BCUT2D eigenvalue weighted by atomic mass is 10.1. The standard InChI is InChI=1S/C24H24N2O3/c1-18-12-19(2)14-23(13-18)29-17-24(27)26-25-15-20-8-10-22(11-9-20)28-16-21-6-4-3-5-7-21/h3-15H,16-17H2,1-2H3,(H,26,27)/b25-15-. The Labute approximate surface area is 171 Å². The minimum atomic E-state index is -0.316. The Balaban J connectivity index is 1.43. The van der Waals surface area contributed by atoms with E-state index in [2.05, 4.69) is 16.6 Å². The average molecular weight is 388 g/mol. The largest absolute Gasteiger partial charge is 0.489 e. The maximum atomic E-state index is 11.9. The molecule has 0 heterocycles. The van der Waals surface area contributed by atoms with Gasteiger partial charge in [-0.3, -0.25) is 4.79 Å². The molecule has 1 N–H and O–H groups in total. The molecule has 0 fully saturated rings. The highest BCUT2D eigenvalue weighted by Gasteiger charge is 2.03. The lowest BCUT2D eigenvalue weighted by molar-refractivity contribution is -0.123. The molecule has 0 aliphatic carbocycles. The van der Waals surface area contributed by atoms with Gasteiger partial charge in [-0.05, 0) is 72.5 Å². The van der Waals surface area contributed by atoms with Crippen molar-refractivity contribution in [1.82, 2.24) is 5.43 Å². The molecular formula is C24H24N2O3. The maximum absolute atomic E-state index is 11.9. The van der Waals surface area contributed by atoms with Gasteiger partial charge in [0, 0.05) is 0 Å². The number of nitrogens with one attached hydrogen (secondary N) is 1. The molecule has 148 valence electrons. The smallest absolute Gasteiger partial charge is 0.277 e. The number of hydrogen-bond acceptors (Lipinski definition) is 4. The number of carbonyl (C=O) groups excluding carboxylic acids is 1. The van der Waals surface area contributed by atoms with Gasteiger partial charge in [-0.25, -0.2) is 5.43 Å². The number of rotatable bonds is 8. The van der Waals surface area contributed by atoms with E-state index in [0.29, 0.717) is 12.4 Å². The van der Waals surface area contributed by atoms with Crippen molar-refractivity contribution in [2.24, 2.45) is 5.10 Å². The van der Waals surface area contributed by atoms with Crippen LogP contribution in [0.2, 0.25) is 0 Å². The van der Waals surface area contributed by atoms with Gasteiger partial charge in [-0.1, -0.05) is 36.4 Å². The summed E-state index contributed by atoms with van der Waals surface area (Å²) in [6, 6.07) is 23.3. The highest BCUT2D eigenvalue weighted by molar-refractivity contribution is 5.83. The number of hydrogen-bond donors (Lipinski definition) is 1. The lowest BCUT2D eigenvalue weighted by Crippen LogP contribution is -2.24. The minimum Gasteiger partial charge on any atom is -0.489 e. The molecule has 0 unspecified atom stereocenters. The molecule has 0 saturated carbocycles. The zero-order valence-electron chi connectivity index (χ0n) is 16.6. The van der Waals surface area contributed by atoms with Crippen molar-refractivity contribution in [3.63, 3.8) is 0 Å². The molecule has 0 aliphatic heterocycles. The monoisotopic (exact) mass is 388 g/mol. The third-order valence-corrected chi connectivity index (χ3v) is 4.10. The van der Waals surface area contributed by atoms with Gasteiger partial charge in [-0.15, -0.1) is 0 Å². The molecule has 0 saturated heterocycles. The molecule has 29 heavy (non-hydrogen) atoms. The molecule has 0 aliphatic rings. The minimum absolute atomic E-state index is 0.0908. The van der Waals surface area contributed by atoms with E-state index < -0.39 is 0 Å². The first-order valence-corrected chi connectivity index (χ1v) is 9.38. The highest BCUT2D eigenvalue weighted by atomic mass is 16.5. The molecule has 0 radical (unpaired) electrons. The third-order valence-electron chi connectivity index (χ3n) is 4.10. The number of benzene rings is 3. The van der Waals surface area contributed by atoms with E-state index >= 15 is 0 Å². The van der Waals surface area contributed by atoms with Crippen molar-refractivity contribution in [3.8, 4) is 11.5 Å². The van der Waals surface area contributed by atoms with Crippen molar-refractivity contribution in [2.45, 2.75) is 20.5 Å². The summed E-state index contributed by atoms with van der Waals surface area (Å²) in [5, 5.41) is 3.97. The fourth-order valence-electron chi connectivity index (χ4n) is 2.77. The van der Waals surface area contributed by atoms with Crippen LogP contribution in [0.3, 0.4) is 0 Å². The predicted molar refractivity (Wildman–Crippen MR) is 114 cm³/mol. The summed E-state index contributed by atoms with van der Waals surface area (Å²) in [7, 11) is 0. The number of nitrogens with zero attached hydrogens (tertiary/aromatic N) is 1. The van der Waals surface area contributed by atoms with Gasteiger partial charge in [0.25, 0.3) is 5.91 Å². The van der Waals surface area contributed by atoms with Gasteiger partial charge in [0.05, 0.1) is 6.21 Å². The van der Waals surface area contributed by atoms with Crippen LogP contribution in [0.1, 0.15) is 22.3 Å². The zero-order chi connectivity index (χ0) is 20.5. The van der Waals surface area contributed by atoms with Gasteiger partial charge < -0.3 is 9.47 Å². The summed E-state index contributed by atoms with van der Waals surface area (Å²) in [5.41, 5.74) is 6.62. The molecule has 1 amide bonds. The predicted octanol–water partition coefficient (Wildman–Crippen LogP) is 4.41. The van der Waals surface area contributed by atoms with Crippen LogP contribution in [0.5, 0.6) is 11.5 Å². The highest BCUT2D eigenvalue weighted by Crippen LogP contribution is 2.16. The molecule has 0 aromatic heterocycles. The number of carbonyl (C=O) groups is 1. The Bertz CT molecular complexity index is 947. The Hall–Kier alpha value is -3.60. The van der Waals surface area contributed by atoms with Crippen molar-refractivity contribution >= 4 is 12.1 Å². The lowest BCUT2D eigenvalue weighted by Gasteiger charge is -2.07. The molecule has 3 aromatic carbocycles. The quantitative estimate of drug-likeness (QED) is 0.459.